The summed E-state index contributed by atoms with van der Waals surface area (Å²) in [4.78, 5) is 13.4. The minimum atomic E-state index is 0.364. The largest absolute Gasteiger partial charge is 0.270 e. The minimum Gasteiger partial charge on any atom is -0.219 e. The van der Waals surface area contributed by atoms with Crippen LogP contribution in [-0.4, -0.2) is 27.2 Å². The standard InChI is InChI=1S/C22H17N5/c1-4-10-18(11-5-1)16-23-21-25-22(24-17-19-12-6-2-7-13-19)27(26-21)20-14-8-3-9-15-20/h1-17H. The van der Waals surface area contributed by atoms with Crippen LogP contribution >= 0.6 is 0 Å². The third-order valence-electron chi connectivity index (χ3n) is 3.84. The molecule has 0 amide bonds. The van der Waals surface area contributed by atoms with Crippen LogP contribution in [0, 0.1) is 0 Å². The van der Waals surface area contributed by atoms with Crippen LogP contribution in [0.2, 0.25) is 0 Å². The molecule has 0 bridgehead atoms. The number of aliphatic imine (C=N–C) groups is 2. The molecule has 0 saturated carbocycles. The Bertz CT molecular complexity index is 1050. The SMILES string of the molecule is C(=Nc1nc(N=Cc2ccccc2)n(-c2ccccc2)n1)c1ccccc1. The molecule has 0 unspecified atom stereocenters. The summed E-state index contributed by atoms with van der Waals surface area (Å²) in [6.45, 7) is 0. The van der Waals surface area contributed by atoms with Crippen LogP contribution in [0.15, 0.2) is 101 Å². The minimum absolute atomic E-state index is 0.364. The van der Waals surface area contributed by atoms with E-state index in [0.29, 0.717) is 11.9 Å². The molecule has 5 nitrogen and oxygen atoms in total. The van der Waals surface area contributed by atoms with Gasteiger partial charge in [-0.25, -0.2) is 9.98 Å². The molecule has 1 aromatic heterocycles. The first-order chi connectivity index (χ1) is 13.4. The average Bonchev–Trinajstić information content (AvgIpc) is 3.16. The molecule has 0 aliphatic rings. The second-order valence-electron chi connectivity index (χ2n) is 5.80. The number of para-hydroxylation sites is 1. The lowest BCUT2D eigenvalue weighted by Gasteiger charge is -2.01. The summed E-state index contributed by atoms with van der Waals surface area (Å²) in [6, 6.07) is 29.5. The van der Waals surface area contributed by atoms with Crippen LogP contribution in [0.4, 0.5) is 11.9 Å². The van der Waals surface area contributed by atoms with Crippen molar-refractivity contribution in [3.63, 3.8) is 0 Å². The molecule has 0 aliphatic carbocycles. The quantitative estimate of drug-likeness (QED) is 0.486. The van der Waals surface area contributed by atoms with Gasteiger partial charge in [0.2, 0.25) is 0 Å². The van der Waals surface area contributed by atoms with Gasteiger partial charge in [0, 0.05) is 12.4 Å². The average molecular weight is 351 g/mol. The Morgan fingerprint density at radius 2 is 1.15 bits per heavy atom. The molecule has 5 heteroatoms. The lowest BCUT2D eigenvalue weighted by Crippen LogP contribution is -1.95. The third-order valence-corrected chi connectivity index (χ3v) is 3.84. The van der Waals surface area contributed by atoms with Crippen molar-refractivity contribution in [3.8, 4) is 5.69 Å². The van der Waals surface area contributed by atoms with Gasteiger partial charge in [-0.05, 0) is 23.3 Å². The number of benzene rings is 3. The van der Waals surface area contributed by atoms with Gasteiger partial charge < -0.3 is 0 Å². The molecule has 0 radical (unpaired) electrons. The third kappa shape index (κ3) is 4.22. The summed E-state index contributed by atoms with van der Waals surface area (Å²) in [5.74, 6) is 0.841. The summed E-state index contributed by atoms with van der Waals surface area (Å²) in [6.07, 6.45) is 3.52. The van der Waals surface area contributed by atoms with Gasteiger partial charge in [0.1, 0.15) is 0 Å². The Morgan fingerprint density at radius 1 is 0.630 bits per heavy atom. The van der Waals surface area contributed by atoms with Gasteiger partial charge in [0.25, 0.3) is 11.9 Å². The number of aromatic nitrogens is 3. The molecule has 0 fully saturated rings. The van der Waals surface area contributed by atoms with Crippen LogP contribution in [0.1, 0.15) is 11.1 Å². The highest BCUT2D eigenvalue weighted by molar-refractivity contribution is 5.82. The van der Waals surface area contributed by atoms with Crippen LogP contribution in [-0.2, 0) is 0 Å². The first-order valence-electron chi connectivity index (χ1n) is 8.59. The van der Waals surface area contributed by atoms with E-state index in [1.165, 1.54) is 0 Å². The maximum Gasteiger partial charge on any atom is 0.270 e. The van der Waals surface area contributed by atoms with Crippen LogP contribution in [0.5, 0.6) is 0 Å². The van der Waals surface area contributed by atoms with Crippen molar-refractivity contribution in [2.24, 2.45) is 9.98 Å². The zero-order valence-electron chi connectivity index (χ0n) is 14.6. The fourth-order valence-corrected chi connectivity index (χ4v) is 2.52. The molecule has 0 atom stereocenters. The Morgan fingerprint density at radius 3 is 1.74 bits per heavy atom. The van der Waals surface area contributed by atoms with E-state index in [0.717, 1.165) is 16.8 Å². The lowest BCUT2D eigenvalue weighted by molar-refractivity contribution is 0.880. The predicted octanol–water partition coefficient (Wildman–Crippen LogP) is 4.77. The monoisotopic (exact) mass is 351 g/mol. The molecular weight excluding hydrogens is 334 g/mol. The van der Waals surface area contributed by atoms with Crippen molar-refractivity contribution in [2.75, 3.05) is 0 Å². The molecule has 130 valence electrons. The molecule has 1 heterocycles. The van der Waals surface area contributed by atoms with E-state index >= 15 is 0 Å². The Hall–Kier alpha value is -3.86. The van der Waals surface area contributed by atoms with E-state index in [1.54, 1.807) is 17.1 Å². The summed E-state index contributed by atoms with van der Waals surface area (Å²) in [7, 11) is 0. The van der Waals surface area contributed by atoms with Gasteiger partial charge in [-0.3, -0.25) is 0 Å². The molecule has 3 aromatic carbocycles. The lowest BCUT2D eigenvalue weighted by atomic mass is 10.2. The van der Waals surface area contributed by atoms with E-state index < -0.39 is 0 Å². The van der Waals surface area contributed by atoms with Gasteiger partial charge in [-0.1, -0.05) is 78.9 Å². The van der Waals surface area contributed by atoms with Crippen LogP contribution < -0.4 is 0 Å². The van der Waals surface area contributed by atoms with Gasteiger partial charge in [-0.15, -0.1) is 5.10 Å². The Balaban J connectivity index is 1.69. The zero-order valence-corrected chi connectivity index (χ0v) is 14.6. The van der Waals surface area contributed by atoms with Crippen molar-refractivity contribution < 1.29 is 0 Å². The van der Waals surface area contributed by atoms with E-state index in [4.69, 9.17) is 0 Å². The number of hydrogen-bond donors (Lipinski definition) is 0. The van der Waals surface area contributed by atoms with Gasteiger partial charge >= 0.3 is 0 Å². The van der Waals surface area contributed by atoms with E-state index in [1.807, 2.05) is 91.0 Å². The normalized spacial score (nSPS) is 11.4. The van der Waals surface area contributed by atoms with Gasteiger partial charge in [-0.2, -0.15) is 9.67 Å². The molecule has 4 rings (SSSR count). The highest BCUT2D eigenvalue weighted by Crippen LogP contribution is 2.20. The maximum atomic E-state index is 4.52. The van der Waals surface area contributed by atoms with Crippen molar-refractivity contribution in [3.05, 3.63) is 102 Å². The molecule has 27 heavy (non-hydrogen) atoms. The smallest absolute Gasteiger partial charge is 0.219 e. The fourth-order valence-electron chi connectivity index (χ4n) is 2.52. The zero-order chi connectivity index (χ0) is 18.3. The topological polar surface area (TPSA) is 55.4 Å². The second-order valence-corrected chi connectivity index (χ2v) is 5.80. The van der Waals surface area contributed by atoms with E-state index in [2.05, 4.69) is 20.1 Å². The van der Waals surface area contributed by atoms with Gasteiger partial charge in [0.15, 0.2) is 0 Å². The number of rotatable bonds is 5. The molecular formula is C22H17N5. The van der Waals surface area contributed by atoms with Crippen LogP contribution in [0.3, 0.4) is 0 Å². The van der Waals surface area contributed by atoms with Crippen LogP contribution in [0.25, 0.3) is 5.69 Å². The maximum absolute atomic E-state index is 4.52. The van der Waals surface area contributed by atoms with E-state index in [9.17, 15) is 0 Å². The number of nitrogens with zero attached hydrogens (tertiary/aromatic N) is 5. The van der Waals surface area contributed by atoms with Crippen molar-refractivity contribution in [1.29, 1.82) is 0 Å². The highest BCUT2D eigenvalue weighted by atomic mass is 15.4. The predicted molar refractivity (Wildman–Crippen MR) is 109 cm³/mol. The molecule has 0 spiro atoms. The summed E-state index contributed by atoms with van der Waals surface area (Å²) < 4.78 is 1.69. The van der Waals surface area contributed by atoms with Crippen molar-refractivity contribution in [1.82, 2.24) is 14.8 Å². The fraction of sp³-hybridized carbons (Fsp3) is 0. The Kier molecular flexibility index (Phi) is 4.93. The summed E-state index contributed by atoms with van der Waals surface area (Å²) in [5.41, 5.74) is 2.86. The first-order valence-corrected chi connectivity index (χ1v) is 8.59. The number of hydrogen-bond acceptors (Lipinski definition) is 4. The summed E-state index contributed by atoms with van der Waals surface area (Å²) >= 11 is 0. The summed E-state index contributed by atoms with van der Waals surface area (Å²) in [5, 5.41) is 4.50. The second kappa shape index (κ2) is 8.01. The van der Waals surface area contributed by atoms with Crippen molar-refractivity contribution >= 4 is 24.3 Å². The first kappa shape index (κ1) is 16.6. The van der Waals surface area contributed by atoms with E-state index in [-0.39, 0.29) is 0 Å². The molecule has 0 N–H and O–H groups in total. The Labute approximate surface area is 157 Å². The highest BCUT2D eigenvalue weighted by Gasteiger charge is 2.09. The van der Waals surface area contributed by atoms with Gasteiger partial charge in [0.05, 0.1) is 5.69 Å². The molecule has 0 aliphatic heterocycles. The van der Waals surface area contributed by atoms with Crippen molar-refractivity contribution in [2.45, 2.75) is 0 Å². The molecule has 4 aromatic rings. The molecule has 0 saturated heterocycles.